The second kappa shape index (κ2) is 10.3. The van der Waals surface area contributed by atoms with Gasteiger partial charge in [-0.1, -0.05) is 17.9 Å². The van der Waals surface area contributed by atoms with E-state index in [1.165, 1.54) is 38.1 Å². The van der Waals surface area contributed by atoms with Gasteiger partial charge in [-0.25, -0.2) is 0 Å². The number of hydrogen-bond acceptors (Lipinski definition) is 7. The third-order valence-electron chi connectivity index (χ3n) is 4.90. The topological polar surface area (TPSA) is 158 Å². The molecule has 2 rings (SSSR count). The van der Waals surface area contributed by atoms with Crippen LogP contribution in [0.25, 0.3) is 0 Å². The van der Waals surface area contributed by atoms with Crippen molar-refractivity contribution in [3.8, 4) is 17.6 Å². The number of aliphatic hydroxyl groups is 1. The van der Waals surface area contributed by atoms with Gasteiger partial charge in [0, 0.05) is 17.7 Å². The van der Waals surface area contributed by atoms with Gasteiger partial charge in [-0.15, -0.1) is 0 Å². The van der Waals surface area contributed by atoms with E-state index in [9.17, 15) is 19.5 Å². The van der Waals surface area contributed by atoms with E-state index in [0.717, 1.165) is 5.56 Å². The van der Waals surface area contributed by atoms with Crippen molar-refractivity contribution in [3.63, 3.8) is 0 Å². The zero-order chi connectivity index (χ0) is 23.9. The Kier molecular flexibility index (Phi) is 7.76. The smallest absolute Gasteiger partial charge is 0.260 e. The van der Waals surface area contributed by atoms with E-state index in [1.807, 2.05) is 0 Å². The lowest BCUT2D eigenvalue weighted by molar-refractivity contribution is -0.129. The van der Waals surface area contributed by atoms with Gasteiger partial charge in [0.25, 0.3) is 11.8 Å². The molecule has 0 saturated heterocycles. The number of nitrogens with two attached hydrogens (primary N) is 1. The molecule has 0 spiro atoms. The summed E-state index contributed by atoms with van der Waals surface area (Å²) in [7, 11) is 2.98. The summed E-state index contributed by atoms with van der Waals surface area (Å²) >= 11 is 0. The maximum Gasteiger partial charge on any atom is 0.260 e. The number of fused-ring (bicyclic) bond motifs is 1. The number of amides is 3. The minimum atomic E-state index is -1.64. The zero-order valence-electron chi connectivity index (χ0n) is 18.0. The second-order valence-electron chi connectivity index (χ2n) is 6.98. The molecule has 10 nitrogen and oxygen atoms in total. The number of amidine groups is 1. The number of hydrogen-bond donors (Lipinski definition) is 5. The summed E-state index contributed by atoms with van der Waals surface area (Å²) in [6.45, 7) is 1.59. The van der Waals surface area contributed by atoms with Crippen LogP contribution in [-0.2, 0) is 16.1 Å². The van der Waals surface area contributed by atoms with Gasteiger partial charge in [0.2, 0.25) is 6.41 Å². The molecule has 0 aliphatic carbocycles. The molecule has 1 aliphatic rings. The molecule has 1 aromatic carbocycles. The number of benzene rings is 1. The van der Waals surface area contributed by atoms with E-state index in [-0.39, 0.29) is 42.6 Å². The van der Waals surface area contributed by atoms with Crippen LogP contribution in [0.5, 0.6) is 5.75 Å². The Hall–Kier alpha value is -4.10. The molecular weight excluding hydrogens is 414 g/mol. The van der Waals surface area contributed by atoms with Crippen LogP contribution in [0.15, 0.2) is 41.7 Å². The number of methoxy groups -OCH3 is 1. The van der Waals surface area contributed by atoms with Crippen molar-refractivity contribution in [2.45, 2.75) is 19.0 Å². The number of nitrogens with one attached hydrogen (secondary N) is 3. The Morgan fingerprint density at radius 3 is 2.75 bits per heavy atom. The van der Waals surface area contributed by atoms with Gasteiger partial charge in [0.1, 0.15) is 17.3 Å². The number of imide groups is 1. The Balaban J connectivity index is 2.41. The van der Waals surface area contributed by atoms with Crippen molar-refractivity contribution < 1.29 is 24.2 Å². The van der Waals surface area contributed by atoms with Crippen LogP contribution in [0.4, 0.5) is 0 Å². The summed E-state index contributed by atoms with van der Waals surface area (Å²) in [4.78, 5) is 38.1. The summed E-state index contributed by atoms with van der Waals surface area (Å²) in [5, 5.41) is 22.1. The van der Waals surface area contributed by atoms with Crippen molar-refractivity contribution in [1.82, 2.24) is 15.5 Å². The van der Waals surface area contributed by atoms with Crippen molar-refractivity contribution in [2.24, 2.45) is 5.73 Å². The van der Waals surface area contributed by atoms with Crippen LogP contribution in [0.3, 0.4) is 0 Å². The highest BCUT2D eigenvalue weighted by molar-refractivity contribution is 6.01. The summed E-state index contributed by atoms with van der Waals surface area (Å²) in [5.41, 5.74) is 5.01. The van der Waals surface area contributed by atoms with Gasteiger partial charge in [-0.2, -0.15) is 0 Å². The summed E-state index contributed by atoms with van der Waals surface area (Å²) in [6, 6.07) is 5.14. The number of carbonyl (C=O) groups is 3. The molecule has 6 N–H and O–H groups in total. The van der Waals surface area contributed by atoms with Gasteiger partial charge in [0.15, 0.2) is 5.54 Å². The number of likely N-dealkylation sites (N-methyl/N-ethyl adjacent to an activating group) is 1. The second-order valence-corrected chi connectivity index (χ2v) is 6.98. The highest BCUT2D eigenvalue weighted by atomic mass is 16.5. The maximum absolute atomic E-state index is 12.9. The molecular formula is C22H25N5O5. The lowest BCUT2D eigenvalue weighted by Crippen LogP contribution is -2.60. The summed E-state index contributed by atoms with van der Waals surface area (Å²) in [6.07, 6.45) is 2.61. The van der Waals surface area contributed by atoms with E-state index in [4.69, 9.17) is 15.9 Å². The van der Waals surface area contributed by atoms with E-state index in [0.29, 0.717) is 11.3 Å². The summed E-state index contributed by atoms with van der Waals surface area (Å²) < 4.78 is 5.17. The molecule has 168 valence electrons. The molecule has 3 amide bonds. The van der Waals surface area contributed by atoms with Crippen LogP contribution in [-0.4, -0.2) is 60.3 Å². The molecule has 1 atom stereocenters. The molecule has 0 aromatic heterocycles. The minimum Gasteiger partial charge on any atom is -0.507 e. The number of nitrogens with zero attached hydrogens (tertiary/aromatic N) is 1. The van der Waals surface area contributed by atoms with E-state index in [2.05, 4.69) is 22.5 Å². The SMILES string of the molecule is CN[C@](C#C/C(C)=C(O)/C=C\C(=N)N)(CN1Cc2ccc(OC)cc2C1=O)C(=O)NC=O. The van der Waals surface area contributed by atoms with Gasteiger partial charge >= 0.3 is 0 Å². The first kappa shape index (κ1) is 24.2. The molecule has 0 saturated carbocycles. The third-order valence-corrected chi connectivity index (χ3v) is 4.90. The standard InChI is InChI=1S/C22H25N5O5/c1-14(18(29)6-7-19(23)24)8-9-22(25-2,21(31)26-13-28)12-27-11-15-4-5-16(32-3)10-17(15)20(27)30/h4-7,10,13,25,29H,11-12H2,1-3H3,(H3,23,24)(H,26,28,31)/b7-6-,18-14-/t22-/m1/s1. The zero-order valence-corrected chi connectivity index (χ0v) is 18.0. The first-order valence-electron chi connectivity index (χ1n) is 9.52. The first-order valence-corrected chi connectivity index (χ1v) is 9.52. The molecule has 0 bridgehead atoms. The minimum absolute atomic E-state index is 0.163. The van der Waals surface area contributed by atoms with Crippen molar-refractivity contribution in [1.29, 1.82) is 5.41 Å². The Bertz CT molecular complexity index is 1070. The molecule has 1 aromatic rings. The summed E-state index contributed by atoms with van der Waals surface area (Å²) in [5.74, 6) is 4.41. The average Bonchev–Trinajstić information content (AvgIpc) is 3.08. The molecule has 10 heteroatoms. The quantitative estimate of drug-likeness (QED) is 0.0967. The lowest BCUT2D eigenvalue weighted by atomic mass is 9.97. The van der Waals surface area contributed by atoms with Crippen molar-refractivity contribution in [3.05, 3.63) is 52.8 Å². The van der Waals surface area contributed by atoms with Gasteiger partial charge in [-0.05, 0) is 43.8 Å². The van der Waals surface area contributed by atoms with Crippen LogP contribution >= 0.6 is 0 Å². The molecule has 1 aliphatic heterocycles. The Morgan fingerprint density at radius 1 is 1.44 bits per heavy atom. The molecule has 0 unspecified atom stereocenters. The van der Waals surface area contributed by atoms with E-state index >= 15 is 0 Å². The predicted molar refractivity (Wildman–Crippen MR) is 118 cm³/mol. The van der Waals surface area contributed by atoms with Gasteiger partial charge < -0.3 is 20.5 Å². The largest absolute Gasteiger partial charge is 0.507 e. The Labute approximate surface area is 185 Å². The maximum atomic E-state index is 12.9. The normalized spacial score (nSPS) is 15.2. The average molecular weight is 439 g/mol. The number of carbonyl (C=O) groups excluding carboxylic acids is 3. The first-order chi connectivity index (χ1) is 15.2. The van der Waals surface area contributed by atoms with Crippen LogP contribution < -0.4 is 21.1 Å². The Morgan fingerprint density at radius 2 is 2.16 bits per heavy atom. The number of rotatable bonds is 8. The molecule has 0 radical (unpaired) electrons. The monoisotopic (exact) mass is 439 g/mol. The number of aliphatic hydroxyl groups excluding tert-OH is 1. The van der Waals surface area contributed by atoms with E-state index < -0.39 is 11.4 Å². The lowest BCUT2D eigenvalue weighted by Gasteiger charge is -2.30. The fourth-order valence-electron chi connectivity index (χ4n) is 3.04. The van der Waals surface area contributed by atoms with Crippen molar-refractivity contribution in [2.75, 3.05) is 20.7 Å². The van der Waals surface area contributed by atoms with Gasteiger partial charge in [0.05, 0.1) is 13.7 Å². The van der Waals surface area contributed by atoms with Crippen LogP contribution in [0.2, 0.25) is 0 Å². The predicted octanol–water partition coefficient (Wildman–Crippen LogP) is 0.209. The highest BCUT2D eigenvalue weighted by Gasteiger charge is 2.41. The fourth-order valence-corrected chi connectivity index (χ4v) is 3.04. The van der Waals surface area contributed by atoms with E-state index in [1.54, 1.807) is 18.2 Å². The molecule has 0 fully saturated rings. The third kappa shape index (κ3) is 5.33. The van der Waals surface area contributed by atoms with Gasteiger partial charge in [-0.3, -0.25) is 30.4 Å². The molecule has 32 heavy (non-hydrogen) atoms. The molecule has 1 heterocycles. The van der Waals surface area contributed by atoms with Crippen LogP contribution in [0, 0.1) is 17.3 Å². The number of allylic oxidation sites excluding steroid dienone is 2. The highest BCUT2D eigenvalue weighted by Crippen LogP contribution is 2.28. The van der Waals surface area contributed by atoms with Crippen LogP contribution in [0.1, 0.15) is 22.8 Å². The van der Waals surface area contributed by atoms with Crippen molar-refractivity contribution >= 4 is 24.1 Å². The number of ether oxygens (including phenoxy) is 1. The fraction of sp³-hybridized carbons (Fsp3) is 0.273.